The molecule has 1 saturated heterocycles. The Bertz CT molecular complexity index is 687. The Labute approximate surface area is 130 Å². The molecule has 2 heterocycles. The van der Waals surface area contributed by atoms with Crippen LogP contribution in [0, 0.1) is 5.92 Å². The van der Waals surface area contributed by atoms with Gasteiger partial charge < -0.3 is 10.6 Å². The summed E-state index contributed by atoms with van der Waals surface area (Å²) in [5, 5.41) is 9.59. The smallest absolute Gasteiger partial charge is 0.326 e. The summed E-state index contributed by atoms with van der Waals surface area (Å²) in [7, 11) is 0. The third-order valence-electron chi connectivity index (χ3n) is 3.74. The average Bonchev–Trinajstić information content (AvgIpc) is 3.19. The number of alkyl halides is 3. The summed E-state index contributed by atoms with van der Waals surface area (Å²) in [6.45, 7) is 1.46. The van der Waals surface area contributed by atoms with Crippen LogP contribution in [-0.4, -0.2) is 28.8 Å². The number of nitrogens with one attached hydrogen (secondary N) is 2. The van der Waals surface area contributed by atoms with Gasteiger partial charge in [0.15, 0.2) is 0 Å². The largest absolute Gasteiger partial charge is 0.433 e. The second kappa shape index (κ2) is 6.04. The topological polar surface area (TPSA) is 59.0 Å². The number of carbonyl (C=O) groups excluding carboxylic acids is 1. The van der Waals surface area contributed by atoms with Crippen LogP contribution in [0.3, 0.4) is 0 Å². The van der Waals surface area contributed by atoms with Crippen LogP contribution >= 0.6 is 0 Å². The monoisotopic (exact) mass is 324 g/mol. The second-order valence-corrected chi connectivity index (χ2v) is 5.35. The third-order valence-corrected chi connectivity index (χ3v) is 3.74. The first kappa shape index (κ1) is 15.5. The maximum absolute atomic E-state index is 12.9. The number of anilines is 1. The summed E-state index contributed by atoms with van der Waals surface area (Å²) in [6.07, 6.45) is -2.59. The van der Waals surface area contributed by atoms with Crippen LogP contribution in [0.5, 0.6) is 0 Å². The molecular formula is C15H15F3N4O. The summed E-state index contributed by atoms with van der Waals surface area (Å²) in [4.78, 5) is 12.0. The van der Waals surface area contributed by atoms with Gasteiger partial charge in [-0.3, -0.25) is 4.79 Å². The highest BCUT2D eigenvalue weighted by molar-refractivity contribution is 5.92. The van der Waals surface area contributed by atoms with Crippen molar-refractivity contribution in [3.8, 4) is 5.69 Å². The fraction of sp³-hybridized carbons (Fsp3) is 0.333. The lowest BCUT2D eigenvalue weighted by molar-refractivity contribution is -0.142. The van der Waals surface area contributed by atoms with Gasteiger partial charge in [-0.2, -0.15) is 18.3 Å². The maximum Gasteiger partial charge on any atom is 0.433 e. The van der Waals surface area contributed by atoms with Crippen molar-refractivity contribution in [1.29, 1.82) is 0 Å². The lowest BCUT2D eigenvalue weighted by Gasteiger charge is -2.12. The van der Waals surface area contributed by atoms with Crippen LogP contribution < -0.4 is 10.6 Å². The van der Waals surface area contributed by atoms with Crippen LogP contribution in [0.4, 0.5) is 18.9 Å². The zero-order chi connectivity index (χ0) is 16.4. The number of aromatic nitrogens is 2. The van der Waals surface area contributed by atoms with Crippen LogP contribution in [0.25, 0.3) is 5.69 Å². The van der Waals surface area contributed by atoms with Gasteiger partial charge in [0.25, 0.3) is 0 Å². The van der Waals surface area contributed by atoms with Crippen molar-refractivity contribution in [3.63, 3.8) is 0 Å². The van der Waals surface area contributed by atoms with Gasteiger partial charge in [0.05, 0.1) is 17.8 Å². The Morgan fingerprint density at radius 3 is 2.61 bits per heavy atom. The molecule has 2 N–H and O–H groups in total. The Morgan fingerprint density at radius 2 is 2.00 bits per heavy atom. The molecule has 1 aromatic carbocycles. The van der Waals surface area contributed by atoms with Crippen molar-refractivity contribution in [1.82, 2.24) is 15.1 Å². The second-order valence-electron chi connectivity index (χ2n) is 5.35. The third kappa shape index (κ3) is 3.37. The molecule has 0 bridgehead atoms. The fourth-order valence-corrected chi connectivity index (χ4v) is 2.53. The van der Waals surface area contributed by atoms with Crippen molar-refractivity contribution in [2.75, 3.05) is 18.4 Å². The minimum Gasteiger partial charge on any atom is -0.326 e. The van der Waals surface area contributed by atoms with E-state index >= 15 is 0 Å². The molecule has 1 fully saturated rings. The number of benzene rings is 1. The normalized spacial score (nSPS) is 18.1. The van der Waals surface area contributed by atoms with Crippen LogP contribution in [0.1, 0.15) is 12.1 Å². The van der Waals surface area contributed by atoms with Crippen molar-refractivity contribution < 1.29 is 18.0 Å². The van der Waals surface area contributed by atoms with E-state index in [0.29, 0.717) is 12.2 Å². The van der Waals surface area contributed by atoms with E-state index in [0.717, 1.165) is 29.9 Å². The van der Waals surface area contributed by atoms with Gasteiger partial charge in [-0.15, -0.1) is 0 Å². The van der Waals surface area contributed by atoms with Gasteiger partial charge in [-0.1, -0.05) is 0 Å². The molecule has 1 amide bonds. The highest BCUT2D eigenvalue weighted by Crippen LogP contribution is 2.30. The minimum absolute atomic E-state index is 0.0716. The minimum atomic E-state index is -4.47. The average molecular weight is 324 g/mol. The van der Waals surface area contributed by atoms with Crippen LogP contribution in [0.2, 0.25) is 0 Å². The van der Waals surface area contributed by atoms with E-state index in [4.69, 9.17) is 0 Å². The van der Waals surface area contributed by atoms with Crippen molar-refractivity contribution in [2.45, 2.75) is 12.6 Å². The molecule has 0 saturated carbocycles. The zero-order valence-corrected chi connectivity index (χ0v) is 12.1. The summed E-state index contributed by atoms with van der Waals surface area (Å²) in [6, 6.07) is 7.03. The molecule has 3 rings (SSSR count). The molecule has 122 valence electrons. The van der Waals surface area contributed by atoms with Gasteiger partial charge in [0.2, 0.25) is 5.91 Å². The molecular weight excluding hydrogens is 309 g/mol. The zero-order valence-electron chi connectivity index (χ0n) is 12.1. The molecule has 8 heteroatoms. The predicted molar refractivity (Wildman–Crippen MR) is 78.2 cm³/mol. The van der Waals surface area contributed by atoms with Crippen molar-refractivity contribution in [3.05, 3.63) is 42.2 Å². The predicted octanol–water partition coefficient (Wildman–Crippen LogP) is 2.44. The molecule has 0 aliphatic carbocycles. The van der Waals surface area contributed by atoms with E-state index in [1.807, 2.05) is 0 Å². The summed E-state index contributed by atoms with van der Waals surface area (Å²) in [5.74, 6) is -0.157. The molecule has 1 aromatic heterocycles. The first-order valence-electron chi connectivity index (χ1n) is 7.18. The van der Waals surface area contributed by atoms with Gasteiger partial charge in [0.1, 0.15) is 5.69 Å². The standard InChI is InChI=1S/C15H15F3N4O/c16-15(17,18)13-6-8-20-22(13)12-3-1-11(2-4-12)21-14(23)10-5-7-19-9-10/h1-4,6,8,10,19H,5,7,9H2,(H,21,23). The number of halogens is 3. The van der Waals surface area contributed by atoms with E-state index in [9.17, 15) is 18.0 Å². The van der Waals surface area contributed by atoms with Gasteiger partial charge in [-0.25, -0.2) is 4.68 Å². The summed E-state index contributed by atoms with van der Waals surface area (Å²) < 4.78 is 39.4. The molecule has 0 spiro atoms. The van der Waals surface area contributed by atoms with E-state index in [-0.39, 0.29) is 17.5 Å². The number of carbonyl (C=O) groups is 1. The number of hydrogen-bond acceptors (Lipinski definition) is 3. The molecule has 5 nitrogen and oxygen atoms in total. The molecule has 23 heavy (non-hydrogen) atoms. The highest BCUT2D eigenvalue weighted by atomic mass is 19.4. The van der Waals surface area contributed by atoms with Gasteiger partial charge in [0, 0.05) is 12.2 Å². The Morgan fingerprint density at radius 1 is 1.26 bits per heavy atom. The lowest BCUT2D eigenvalue weighted by atomic mass is 10.1. The van der Waals surface area contributed by atoms with Crippen LogP contribution in [0.15, 0.2) is 36.5 Å². The van der Waals surface area contributed by atoms with Crippen LogP contribution in [-0.2, 0) is 11.0 Å². The quantitative estimate of drug-likeness (QED) is 0.912. The SMILES string of the molecule is O=C(Nc1ccc(-n2nccc2C(F)(F)F)cc1)C1CCNC1. The van der Waals surface area contributed by atoms with Crippen molar-refractivity contribution >= 4 is 11.6 Å². The number of nitrogens with zero attached hydrogens (tertiary/aromatic N) is 2. The summed E-state index contributed by atoms with van der Waals surface area (Å²) in [5.41, 5.74) is -0.0134. The van der Waals surface area contributed by atoms with Crippen molar-refractivity contribution in [2.24, 2.45) is 5.92 Å². The molecule has 1 unspecified atom stereocenters. The molecule has 1 aliphatic heterocycles. The highest BCUT2D eigenvalue weighted by Gasteiger charge is 2.35. The Kier molecular flexibility index (Phi) is 4.08. The number of rotatable bonds is 3. The molecule has 0 radical (unpaired) electrons. The van der Waals surface area contributed by atoms with E-state index in [2.05, 4.69) is 15.7 Å². The fourth-order valence-electron chi connectivity index (χ4n) is 2.53. The molecule has 1 atom stereocenters. The van der Waals surface area contributed by atoms with Gasteiger partial charge in [-0.05, 0) is 43.3 Å². The lowest BCUT2D eigenvalue weighted by Crippen LogP contribution is -2.24. The first-order valence-corrected chi connectivity index (χ1v) is 7.18. The Balaban J connectivity index is 1.75. The number of hydrogen-bond donors (Lipinski definition) is 2. The van der Waals surface area contributed by atoms with E-state index in [1.54, 1.807) is 12.1 Å². The maximum atomic E-state index is 12.9. The van der Waals surface area contributed by atoms with E-state index in [1.165, 1.54) is 12.1 Å². The molecule has 2 aromatic rings. The first-order chi connectivity index (χ1) is 10.9. The molecule has 1 aliphatic rings. The number of amides is 1. The van der Waals surface area contributed by atoms with Gasteiger partial charge >= 0.3 is 6.18 Å². The Hall–Kier alpha value is -2.35. The summed E-state index contributed by atoms with van der Waals surface area (Å²) >= 11 is 0. The van der Waals surface area contributed by atoms with E-state index < -0.39 is 11.9 Å².